The lowest BCUT2D eigenvalue weighted by atomic mass is 9.90. The SMILES string of the molecule is CC(CO)(NC(=O)C1COc2cc(F)ccc2C1)c1ccc(O)cc1. The highest BCUT2D eigenvalue weighted by atomic mass is 19.1. The zero-order valence-corrected chi connectivity index (χ0v) is 13.8. The summed E-state index contributed by atoms with van der Waals surface area (Å²) < 4.78 is 18.7. The molecule has 1 aliphatic heterocycles. The Bertz CT molecular complexity index is 777. The van der Waals surface area contributed by atoms with Crippen LogP contribution in [0.15, 0.2) is 42.5 Å². The number of hydrogen-bond acceptors (Lipinski definition) is 4. The number of amides is 1. The number of ether oxygens (including phenoxy) is 1. The van der Waals surface area contributed by atoms with Crippen molar-refractivity contribution in [2.24, 2.45) is 5.92 Å². The summed E-state index contributed by atoms with van der Waals surface area (Å²) in [4.78, 5) is 12.7. The van der Waals surface area contributed by atoms with Crippen LogP contribution in [0.25, 0.3) is 0 Å². The van der Waals surface area contributed by atoms with Crippen LogP contribution in [0.1, 0.15) is 18.1 Å². The minimum Gasteiger partial charge on any atom is -0.508 e. The Morgan fingerprint density at radius 1 is 1.32 bits per heavy atom. The highest BCUT2D eigenvalue weighted by Crippen LogP contribution is 2.29. The van der Waals surface area contributed by atoms with E-state index in [1.807, 2.05) is 0 Å². The van der Waals surface area contributed by atoms with Gasteiger partial charge in [0, 0.05) is 6.07 Å². The van der Waals surface area contributed by atoms with Gasteiger partial charge in [0.25, 0.3) is 0 Å². The molecule has 0 saturated carbocycles. The summed E-state index contributed by atoms with van der Waals surface area (Å²) >= 11 is 0. The molecule has 1 amide bonds. The number of fused-ring (bicyclic) bond motifs is 1. The second-order valence-electron chi connectivity index (χ2n) is 6.49. The Morgan fingerprint density at radius 2 is 2.04 bits per heavy atom. The molecule has 0 aromatic heterocycles. The molecule has 3 N–H and O–H groups in total. The van der Waals surface area contributed by atoms with Gasteiger partial charge in [0.1, 0.15) is 23.9 Å². The number of phenolic OH excluding ortho intramolecular Hbond substituents is 1. The van der Waals surface area contributed by atoms with Crippen molar-refractivity contribution < 1.29 is 24.1 Å². The molecule has 0 bridgehead atoms. The molecule has 5 nitrogen and oxygen atoms in total. The summed E-state index contributed by atoms with van der Waals surface area (Å²) in [5.74, 6) is -0.477. The summed E-state index contributed by atoms with van der Waals surface area (Å²) in [6.45, 7) is 1.57. The zero-order chi connectivity index (χ0) is 18.0. The topological polar surface area (TPSA) is 78.8 Å². The number of aliphatic hydroxyl groups excluding tert-OH is 1. The number of phenols is 1. The third-order valence-electron chi connectivity index (χ3n) is 4.53. The fourth-order valence-electron chi connectivity index (χ4n) is 2.92. The molecule has 0 radical (unpaired) electrons. The fourth-order valence-corrected chi connectivity index (χ4v) is 2.92. The van der Waals surface area contributed by atoms with Gasteiger partial charge in [-0.3, -0.25) is 4.79 Å². The number of aromatic hydroxyl groups is 1. The summed E-state index contributed by atoms with van der Waals surface area (Å²) in [6, 6.07) is 10.6. The first-order valence-electron chi connectivity index (χ1n) is 8.05. The van der Waals surface area contributed by atoms with Gasteiger partial charge in [-0.25, -0.2) is 4.39 Å². The highest BCUT2D eigenvalue weighted by molar-refractivity contribution is 5.80. The van der Waals surface area contributed by atoms with Crippen LogP contribution in [-0.4, -0.2) is 29.3 Å². The van der Waals surface area contributed by atoms with E-state index in [2.05, 4.69) is 5.32 Å². The minimum absolute atomic E-state index is 0.111. The average molecular weight is 345 g/mol. The lowest BCUT2D eigenvalue weighted by molar-refractivity contribution is -0.128. The lowest BCUT2D eigenvalue weighted by Gasteiger charge is -2.32. The van der Waals surface area contributed by atoms with E-state index in [1.54, 1.807) is 25.1 Å². The number of rotatable bonds is 4. The van der Waals surface area contributed by atoms with Crippen molar-refractivity contribution in [1.29, 1.82) is 0 Å². The fraction of sp³-hybridized carbons (Fsp3) is 0.316. The summed E-state index contributed by atoms with van der Waals surface area (Å²) in [6.07, 6.45) is 0.443. The van der Waals surface area contributed by atoms with Crippen LogP contribution in [0.5, 0.6) is 11.5 Å². The molecule has 2 unspecified atom stereocenters. The van der Waals surface area contributed by atoms with E-state index in [-0.39, 0.29) is 30.7 Å². The van der Waals surface area contributed by atoms with Gasteiger partial charge in [-0.15, -0.1) is 0 Å². The zero-order valence-electron chi connectivity index (χ0n) is 13.8. The first kappa shape index (κ1) is 17.2. The Morgan fingerprint density at radius 3 is 2.72 bits per heavy atom. The van der Waals surface area contributed by atoms with Crippen LogP contribution >= 0.6 is 0 Å². The largest absolute Gasteiger partial charge is 0.508 e. The van der Waals surface area contributed by atoms with Gasteiger partial charge in [-0.05, 0) is 42.7 Å². The van der Waals surface area contributed by atoms with Crippen molar-refractivity contribution in [2.45, 2.75) is 18.9 Å². The summed E-state index contributed by atoms with van der Waals surface area (Å²) in [7, 11) is 0. The molecule has 1 aliphatic rings. The molecule has 132 valence electrons. The smallest absolute Gasteiger partial charge is 0.227 e. The highest BCUT2D eigenvalue weighted by Gasteiger charge is 2.33. The average Bonchev–Trinajstić information content (AvgIpc) is 2.61. The summed E-state index contributed by atoms with van der Waals surface area (Å²) in [5, 5.41) is 22.1. The number of hydrogen-bond donors (Lipinski definition) is 3. The number of nitrogens with one attached hydrogen (secondary N) is 1. The maximum absolute atomic E-state index is 13.2. The standard InChI is InChI=1S/C19H20FNO4/c1-19(11-22,14-3-6-16(23)7-4-14)21-18(24)13-8-12-2-5-15(20)9-17(12)25-10-13/h2-7,9,13,22-23H,8,10-11H2,1H3,(H,21,24). The maximum atomic E-state index is 13.2. The van der Waals surface area contributed by atoms with Gasteiger partial charge in [-0.2, -0.15) is 0 Å². The van der Waals surface area contributed by atoms with E-state index in [9.17, 15) is 19.4 Å². The van der Waals surface area contributed by atoms with Crippen LogP contribution in [0.3, 0.4) is 0 Å². The van der Waals surface area contributed by atoms with Crippen LogP contribution in [0.4, 0.5) is 4.39 Å². The number of halogens is 1. The van der Waals surface area contributed by atoms with Crippen LogP contribution in [-0.2, 0) is 16.8 Å². The van der Waals surface area contributed by atoms with Gasteiger partial charge < -0.3 is 20.3 Å². The Kier molecular flexibility index (Phi) is 4.63. The first-order chi connectivity index (χ1) is 11.9. The normalized spacial score (nSPS) is 18.6. The van der Waals surface area contributed by atoms with Crippen molar-refractivity contribution >= 4 is 5.91 Å². The maximum Gasteiger partial charge on any atom is 0.227 e. The van der Waals surface area contributed by atoms with E-state index in [0.29, 0.717) is 17.7 Å². The molecule has 1 heterocycles. The van der Waals surface area contributed by atoms with Crippen molar-refractivity contribution in [3.63, 3.8) is 0 Å². The monoisotopic (exact) mass is 345 g/mol. The first-order valence-corrected chi connectivity index (χ1v) is 8.05. The third-order valence-corrected chi connectivity index (χ3v) is 4.53. The van der Waals surface area contributed by atoms with Crippen LogP contribution < -0.4 is 10.1 Å². The lowest BCUT2D eigenvalue weighted by Crippen LogP contribution is -2.50. The predicted octanol–water partition coefficient (Wildman–Crippen LogP) is 2.11. The summed E-state index contributed by atoms with van der Waals surface area (Å²) in [5.41, 5.74) is 0.483. The minimum atomic E-state index is -0.978. The molecule has 0 aliphatic carbocycles. The number of aliphatic hydroxyl groups is 1. The Balaban J connectivity index is 1.74. The van der Waals surface area contributed by atoms with Crippen molar-refractivity contribution in [3.8, 4) is 11.5 Å². The van der Waals surface area contributed by atoms with Gasteiger partial charge in [0.2, 0.25) is 5.91 Å². The Labute approximate surface area is 145 Å². The van der Waals surface area contributed by atoms with Crippen molar-refractivity contribution in [2.75, 3.05) is 13.2 Å². The van der Waals surface area contributed by atoms with Crippen molar-refractivity contribution in [3.05, 3.63) is 59.4 Å². The van der Waals surface area contributed by atoms with Gasteiger partial charge in [0.15, 0.2) is 0 Å². The third kappa shape index (κ3) is 3.58. The predicted molar refractivity (Wildman–Crippen MR) is 89.8 cm³/mol. The van der Waals surface area contributed by atoms with E-state index in [4.69, 9.17) is 4.74 Å². The van der Waals surface area contributed by atoms with E-state index in [0.717, 1.165) is 5.56 Å². The molecule has 0 spiro atoms. The molecular weight excluding hydrogens is 325 g/mol. The quantitative estimate of drug-likeness (QED) is 0.793. The van der Waals surface area contributed by atoms with Gasteiger partial charge in [-0.1, -0.05) is 18.2 Å². The Hall–Kier alpha value is -2.60. The van der Waals surface area contributed by atoms with Crippen molar-refractivity contribution in [1.82, 2.24) is 5.32 Å². The molecular formula is C19H20FNO4. The van der Waals surface area contributed by atoms with Gasteiger partial charge >= 0.3 is 0 Å². The van der Waals surface area contributed by atoms with Gasteiger partial charge in [0.05, 0.1) is 18.1 Å². The number of benzene rings is 2. The van der Waals surface area contributed by atoms with Crippen LogP contribution in [0.2, 0.25) is 0 Å². The molecule has 0 saturated heterocycles. The second kappa shape index (κ2) is 6.72. The molecule has 6 heteroatoms. The number of carbonyl (C=O) groups is 1. The number of carbonyl (C=O) groups excluding carboxylic acids is 1. The molecule has 2 aromatic carbocycles. The van der Waals surface area contributed by atoms with Crippen LogP contribution in [0, 0.1) is 11.7 Å². The molecule has 2 aromatic rings. The molecule has 0 fully saturated rings. The van der Waals surface area contributed by atoms with E-state index < -0.39 is 11.5 Å². The molecule has 3 rings (SSSR count). The second-order valence-corrected chi connectivity index (χ2v) is 6.49. The molecule has 2 atom stereocenters. The van der Waals surface area contributed by atoms with E-state index in [1.165, 1.54) is 24.3 Å². The molecule has 25 heavy (non-hydrogen) atoms. The van der Waals surface area contributed by atoms with E-state index >= 15 is 0 Å².